The summed E-state index contributed by atoms with van der Waals surface area (Å²) in [4.78, 5) is 25.4. The number of benzene rings is 2. The van der Waals surface area contributed by atoms with Crippen LogP contribution in [0.3, 0.4) is 0 Å². The quantitative estimate of drug-likeness (QED) is 0.772. The third-order valence-corrected chi connectivity index (χ3v) is 4.15. The molecule has 0 unspecified atom stereocenters. The zero-order chi connectivity index (χ0) is 20.1. The first-order valence-electron chi connectivity index (χ1n) is 8.52. The predicted molar refractivity (Wildman–Crippen MR) is 97.2 cm³/mol. The van der Waals surface area contributed by atoms with Gasteiger partial charge in [0.05, 0.1) is 5.56 Å². The van der Waals surface area contributed by atoms with Crippen LogP contribution in [0.2, 0.25) is 0 Å². The van der Waals surface area contributed by atoms with Crippen molar-refractivity contribution in [3.05, 3.63) is 65.0 Å². The molecule has 0 saturated carbocycles. The predicted octanol–water partition coefficient (Wildman–Crippen LogP) is 4.01. The fourth-order valence-electron chi connectivity index (χ4n) is 2.59. The maximum absolute atomic E-state index is 13.7. The van der Waals surface area contributed by atoms with Crippen LogP contribution >= 0.6 is 0 Å². The van der Waals surface area contributed by atoms with Gasteiger partial charge >= 0.3 is 0 Å². The Labute approximate surface area is 156 Å². The SMILES string of the molecule is CC(=O)N(CCNC(=O)c1ccc(F)c(F)c1F)c1ccc(C(C)C)cc1. The van der Waals surface area contributed by atoms with Crippen LogP contribution in [0.25, 0.3) is 0 Å². The van der Waals surface area contributed by atoms with Crippen molar-refractivity contribution in [3.63, 3.8) is 0 Å². The summed E-state index contributed by atoms with van der Waals surface area (Å²) < 4.78 is 39.8. The topological polar surface area (TPSA) is 49.4 Å². The Balaban J connectivity index is 2.03. The maximum atomic E-state index is 13.7. The minimum Gasteiger partial charge on any atom is -0.350 e. The lowest BCUT2D eigenvalue weighted by Crippen LogP contribution is -2.37. The first kappa shape index (κ1) is 20.5. The van der Waals surface area contributed by atoms with Gasteiger partial charge < -0.3 is 10.2 Å². The van der Waals surface area contributed by atoms with Crippen molar-refractivity contribution in [2.24, 2.45) is 0 Å². The lowest BCUT2D eigenvalue weighted by molar-refractivity contribution is -0.116. The Morgan fingerprint density at radius 3 is 2.19 bits per heavy atom. The molecular formula is C20H21F3N2O2. The van der Waals surface area contributed by atoms with Crippen molar-refractivity contribution < 1.29 is 22.8 Å². The van der Waals surface area contributed by atoms with E-state index in [2.05, 4.69) is 19.2 Å². The highest BCUT2D eigenvalue weighted by Crippen LogP contribution is 2.20. The molecule has 2 aromatic carbocycles. The molecule has 2 amide bonds. The van der Waals surface area contributed by atoms with E-state index >= 15 is 0 Å². The number of carbonyl (C=O) groups excluding carboxylic acids is 2. The third kappa shape index (κ3) is 4.87. The number of carbonyl (C=O) groups is 2. The van der Waals surface area contributed by atoms with Crippen LogP contribution in [0.1, 0.15) is 42.6 Å². The second-order valence-corrected chi connectivity index (χ2v) is 6.40. The molecule has 0 fully saturated rings. The third-order valence-electron chi connectivity index (χ3n) is 4.15. The molecule has 0 aliphatic rings. The molecule has 0 spiro atoms. The fraction of sp³-hybridized carbons (Fsp3) is 0.300. The number of rotatable bonds is 6. The van der Waals surface area contributed by atoms with E-state index in [9.17, 15) is 22.8 Å². The molecule has 0 saturated heterocycles. The summed E-state index contributed by atoms with van der Waals surface area (Å²) in [5.41, 5.74) is 1.20. The number of nitrogens with zero attached hydrogens (tertiary/aromatic N) is 1. The van der Waals surface area contributed by atoms with Crippen LogP contribution < -0.4 is 10.2 Å². The molecule has 2 aromatic rings. The highest BCUT2D eigenvalue weighted by molar-refractivity contribution is 5.95. The number of hydrogen-bond donors (Lipinski definition) is 1. The van der Waals surface area contributed by atoms with Crippen LogP contribution in [-0.4, -0.2) is 24.9 Å². The number of anilines is 1. The monoisotopic (exact) mass is 378 g/mol. The maximum Gasteiger partial charge on any atom is 0.254 e. The van der Waals surface area contributed by atoms with E-state index in [-0.39, 0.29) is 19.0 Å². The highest BCUT2D eigenvalue weighted by Gasteiger charge is 2.19. The van der Waals surface area contributed by atoms with Crippen LogP contribution in [0.4, 0.5) is 18.9 Å². The molecule has 0 aliphatic carbocycles. The van der Waals surface area contributed by atoms with Crippen molar-refractivity contribution >= 4 is 17.5 Å². The summed E-state index contributed by atoms with van der Waals surface area (Å²) >= 11 is 0. The van der Waals surface area contributed by atoms with Gasteiger partial charge in [-0.3, -0.25) is 9.59 Å². The molecule has 27 heavy (non-hydrogen) atoms. The molecule has 0 atom stereocenters. The molecule has 0 heterocycles. The molecule has 4 nitrogen and oxygen atoms in total. The zero-order valence-corrected chi connectivity index (χ0v) is 15.4. The largest absolute Gasteiger partial charge is 0.350 e. The van der Waals surface area contributed by atoms with E-state index in [1.165, 1.54) is 11.8 Å². The van der Waals surface area contributed by atoms with Gasteiger partial charge in [-0.05, 0) is 35.7 Å². The Hall–Kier alpha value is -2.83. The van der Waals surface area contributed by atoms with E-state index in [4.69, 9.17) is 0 Å². The van der Waals surface area contributed by atoms with Gasteiger partial charge in [0.1, 0.15) is 0 Å². The van der Waals surface area contributed by atoms with E-state index in [1.54, 1.807) is 0 Å². The lowest BCUT2D eigenvalue weighted by atomic mass is 10.0. The smallest absolute Gasteiger partial charge is 0.254 e. The molecule has 0 radical (unpaired) electrons. The van der Waals surface area contributed by atoms with Crippen molar-refractivity contribution in [2.75, 3.05) is 18.0 Å². The minimum absolute atomic E-state index is 0.0166. The molecular weight excluding hydrogens is 357 g/mol. The Kier molecular flexibility index (Phi) is 6.60. The van der Waals surface area contributed by atoms with Crippen LogP contribution in [0.15, 0.2) is 36.4 Å². The zero-order valence-electron chi connectivity index (χ0n) is 15.4. The molecule has 0 bridgehead atoms. The number of hydrogen-bond acceptors (Lipinski definition) is 2. The van der Waals surface area contributed by atoms with Gasteiger partial charge in [0, 0.05) is 25.7 Å². The van der Waals surface area contributed by atoms with Crippen LogP contribution in [0, 0.1) is 17.5 Å². The van der Waals surface area contributed by atoms with E-state index in [0.717, 1.165) is 11.6 Å². The van der Waals surface area contributed by atoms with Crippen molar-refractivity contribution in [1.29, 1.82) is 0 Å². The van der Waals surface area contributed by atoms with Crippen molar-refractivity contribution in [1.82, 2.24) is 5.32 Å². The molecule has 0 aromatic heterocycles. The fourth-order valence-corrected chi connectivity index (χ4v) is 2.59. The Morgan fingerprint density at radius 1 is 1.00 bits per heavy atom. The first-order chi connectivity index (χ1) is 12.7. The molecule has 7 heteroatoms. The number of amides is 2. The summed E-state index contributed by atoms with van der Waals surface area (Å²) in [6.07, 6.45) is 0. The number of nitrogens with one attached hydrogen (secondary N) is 1. The Bertz CT molecular complexity index is 836. The highest BCUT2D eigenvalue weighted by atomic mass is 19.2. The second kappa shape index (κ2) is 8.70. The van der Waals surface area contributed by atoms with Gasteiger partial charge in [-0.25, -0.2) is 13.2 Å². The normalized spacial score (nSPS) is 10.8. The Morgan fingerprint density at radius 2 is 1.63 bits per heavy atom. The molecule has 0 aliphatic heterocycles. The molecule has 144 valence electrons. The minimum atomic E-state index is -1.70. The summed E-state index contributed by atoms with van der Waals surface area (Å²) in [5, 5.41) is 2.41. The van der Waals surface area contributed by atoms with Gasteiger partial charge in [0.15, 0.2) is 17.5 Å². The van der Waals surface area contributed by atoms with Gasteiger partial charge in [0.25, 0.3) is 5.91 Å². The van der Waals surface area contributed by atoms with Crippen molar-refractivity contribution in [3.8, 4) is 0 Å². The molecule has 2 rings (SSSR count). The van der Waals surface area contributed by atoms with E-state index < -0.39 is 28.9 Å². The second-order valence-electron chi connectivity index (χ2n) is 6.40. The average molecular weight is 378 g/mol. The van der Waals surface area contributed by atoms with Crippen molar-refractivity contribution in [2.45, 2.75) is 26.7 Å². The lowest BCUT2D eigenvalue weighted by Gasteiger charge is -2.22. The average Bonchev–Trinajstić information content (AvgIpc) is 2.63. The molecule has 1 N–H and O–H groups in total. The summed E-state index contributed by atoms with van der Waals surface area (Å²) in [6.45, 7) is 5.68. The van der Waals surface area contributed by atoms with Gasteiger partial charge in [-0.15, -0.1) is 0 Å². The summed E-state index contributed by atoms with van der Waals surface area (Å²) in [5.74, 6) is -5.35. The van der Waals surface area contributed by atoms with E-state index in [1.807, 2.05) is 24.3 Å². The summed E-state index contributed by atoms with van der Waals surface area (Å²) in [6, 6.07) is 9.03. The number of halogens is 3. The van der Waals surface area contributed by atoms with Gasteiger partial charge in [-0.1, -0.05) is 26.0 Å². The standard InChI is InChI=1S/C20H21F3N2O2/c1-12(2)14-4-6-15(7-5-14)25(13(3)26)11-10-24-20(27)16-8-9-17(21)19(23)18(16)22/h4-9,12H,10-11H2,1-3H3,(H,24,27). The summed E-state index contributed by atoms with van der Waals surface area (Å²) in [7, 11) is 0. The first-order valence-corrected chi connectivity index (χ1v) is 8.52. The van der Waals surface area contributed by atoms with E-state index in [0.29, 0.717) is 17.7 Å². The van der Waals surface area contributed by atoms with Gasteiger partial charge in [-0.2, -0.15) is 0 Å². The van der Waals surface area contributed by atoms with Crippen LogP contribution in [0.5, 0.6) is 0 Å². The van der Waals surface area contributed by atoms with Crippen LogP contribution in [-0.2, 0) is 4.79 Å². The van der Waals surface area contributed by atoms with Gasteiger partial charge in [0.2, 0.25) is 5.91 Å².